The molecule has 2 aromatic rings. The molecular formula is C25H28ClN3O3S. The molecule has 2 N–H and O–H groups in total. The molecule has 33 heavy (non-hydrogen) atoms. The third kappa shape index (κ3) is 6.81. The Morgan fingerprint density at radius 2 is 2.03 bits per heavy atom. The van der Waals surface area contributed by atoms with Crippen LogP contribution in [0.5, 0.6) is 11.5 Å². The van der Waals surface area contributed by atoms with Crippen LogP contribution >= 0.6 is 23.4 Å². The van der Waals surface area contributed by atoms with E-state index in [1.54, 1.807) is 38.3 Å². The molecule has 1 amide bonds. The summed E-state index contributed by atoms with van der Waals surface area (Å²) in [5, 5.41) is 7.62. The van der Waals surface area contributed by atoms with Crippen molar-refractivity contribution in [2.45, 2.75) is 19.9 Å². The number of rotatable bonds is 9. The highest BCUT2D eigenvalue weighted by atomic mass is 35.5. The summed E-state index contributed by atoms with van der Waals surface area (Å²) in [6, 6.07) is 11.2. The molecule has 174 valence electrons. The SMILES string of the molecule is C=CC(=O)Nc1cccc(O/C(SC(=C)Nc2cc3c(cc2OC)CN(C)CC3)=C(/C)Cl)c1. The second kappa shape index (κ2) is 11.3. The number of hydrogen-bond donors (Lipinski definition) is 2. The van der Waals surface area contributed by atoms with Crippen molar-refractivity contribution < 1.29 is 14.3 Å². The highest BCUT2D eigenvalue weighted by molar-refractivity contribution is 8.06. The summed E-state index contributed by atoms with van der Waals surface area (Å²) in [5.74, 6) is 0.988. The third-order valence-corrected chi connectivity index (χ3v) is 6.20. The molecular weight excluding hydrogens is 458 g/mol. The van der Waals surface area contributed by atoms with Gasteiger partial charge in [0.1, 0.15) is 11.5 Å². The Labute approximate surface area is 204 Å². The first kappa shape index (κ1) is 24.8. The van der Waals surface area contributed by atoms with E-state index < -0.39 is 0 Å². The number of fused-ring (bicyclic) bond motifs is 1. The zero-order valence-electron chi connectivity index (χ0n) is 19.0. The van der Waals surface area contributed by atoms with Crippen LogP contribution < -0.4 is 20.1 Å². The van der Waals surface area contributed by atoms with Crippen LogP contribution in [-0.4, -0.2) is 31.5 Å². The lowest BCUT2D eigenvalue weighted by atomic mass is 9.99. The van der Waals surface area contributed by atoms with Crippen molar-refractivity contribution in [2.75, 3.05) is 31.3 Å². The summed E-state index contributed by atoms with van der Waals surface area (Å²) in [7, 11) is 3.77. The summed E-state index contributed by atoms with van der Waals surface area (Å²) in [6.45, 7) is 11.3. The van der Waals surface area contributed by atoms with Crippen LogP contribution in [0.25, 0.3) is 0 Å². The lowest BCUT2D eigenvalue weighted by molar-refractivity contribution is -0.111. The number of hydrogen-bond acceptors (Lipinski definition) is 6. The molecule has 2 aromatic carbocycles. The number of nitrogens with zero attached hydrogens (tertiary/aromatic N) is 1. The number of amides is 1. The summed E-state index contributed by atoms with van der Waals surface area (Å²) >= 11 is 7.58. The van der Waals surface area contributed by atoms with E-state index in [1.165, 1.54) is 29.0 Å². The quantitative estimate of drug-likeness (QED) is 0.339. The number of halogens is 1. The van der Waals surface area contributed by atoms with Gasteiger partial charge in [-0.15, -0.1) is 0 Å². The number of likely N-dealkylation sites (N-methyl/N-ethyl adjacent to an activating group) is 1. The first-order valence-corrected chi connectivity index (χ1v) is 11.6. The van der Waals surface area contributed by atoms with Gasteiger partial charge >= 0.3 is 0 Å². The summed E-state index contributed by atoms with van der Waals surface area (Å²) in [5.41, 5.74) is 4.01. The maximum atomic E-state index is 11.6. The molecule has 1 aliphatic heterocycles. The van der Waals surface area contributed by atoms with Gasteiger partial charge in [0.05, 0.1) is 22.9 Å². The molecule has 8 heteroatoms. The van der Waals surface area contributed by atoms with Crippen molar-refractivity contribution in [3.05, 3.63) is 81.9 Å². The van der Waals surface area contributed by atoms with E-state index in [1.807, 2.05) is 0 Å². The van der Waals surface area contributed by atoms with Gasteiger partial charge in [0.15, 0.2) is 5.09 Å². The standard InChI is InChI=1S/C25H28ClN3O3S/c1-6-24(30)28-20-8-7-9-21(14-20)32-25(16(2)26)33-17(3)27-22-12-18-10-11-29(4)15-19(18)13-23(22)31-5/h6-9,12-14,27H,1,3,10-11,15H2,2,4-5H3,(H,28,30)/b25-16+. The zero-order chi connectivity index (χ0) is 24.0. The monoisotopic (exact) mass is 485 g/mol. The average molecular weight is 486 g/mol. The van der Waals surface area contributed by atoms with Crippen LogP contribution in [0, 0.1) is 0 Å². The summed E-state index contributed by atoms with van der Waals surface area (Å²) in [4.78, 5) is 13.9. The predicted molar refractivity (Wildman–Crippen MR) is 138 cm³/mol. The first-order chi connectivity index (χ1) is 15.8. The van der Waals surface area contributed by atoms with Crippen LogP contribution in [0.1, 0.15) is 18.1 Å². The minimum atomic E-state index is -0.297. The van der Waals surface area contributed by atoms with Gasteiger partial charge in [0, 0.05) is 24.8 Å². The Morgan fingerprint density at radius 1 is 1.24 bits per heavy atom. The number of ether oxygens (including phenoxy) is 2. The summed E-state index contributed by atoms with van der Waals surface area (Å²) in [6.07, 6.45) is 2.19. The van der Waals surface area contributed by atoms with Gasteiger partial charge in [0.2, 0.25) is 5.91 Å². The molecule has 0 aromatic heterocycles. The van der Waals surface area contributed by atoms with Crippen LogP contribution in [0.15, 0.2) is 70.8 Å². The van der Waals surface area contributed by atoms with Gasteiger partial charge in [-0.05, 0) is 73.6 Å². The maximum absolute atomic E-state index is 11.6. The number of nitrogens with one attached hydrogen (secondary N) is 2. The average Bonchev–Trinajstić information content (AvgIpc) is 2.78. The van der Waals surface area contributed by atoms with E-state index in [-0.39, 0.29) is 5.91 Å². The number of benzene rings is 2. The molecule has 3 rings (SSSR count). The second-order valence-electron chi connectivity index (χ2n) is 7.60. The Bertz CT molecular complexity index is 1100. The van der Waals surface area contributed by atoms with E-state index >= 15 is 0 Å². The van der Waals surface area contributed by atoms with Crippen LogP contribution in [0.3, 0.4) is 0 Å². The number of thioether (sulfide) groups is 1. The Morgan fingerprint density at radius 3 is 2.73 bits per heavy atom. The fraction of sp³-hybridized carbons (Fsp3) is 0.240. The number of allylic oxidation sites excluding steroid dienone is 1. The summed E-state index contributed by atoms with van der Waals surface area (Å²) < 4.78 is 11.6. The molecule has 1 aliphatic rings. The molecule has 0 atom stereocenters. The number of carbonyl (C=O) groups is 1. The fourth-order valence-corrected chi connectivity index (χ4v) is 4.20. The van der Waals surface area contributed by atoms with E-state index in [0.29, 0.717) is 26.6 Å². The largest absolute Gasteiger partial charge is 0.495 e. The van der Waals surface area contributed by atoms with Gasteiger partial charge in [-0.25, -0.2) is 0 Å². The molecule has 0 bridgehead atoms. The minimum Gasteiger partial charge on any atom is -0.495 e. The number of anilines is 2. The minimum absolute atomic E-state index is 0.297. The molecule has 0 spiro atoms. The lowest BCUT2D eigenvalue weighted by Gasteiger charge is -2.26. The smallest absolute Gasteiger partial charge is 0.247 e. The topological polar surface area (TPSA) is 62.8 Å². The van der Waals surface area contributed by atoms with Crippen molar-refractivity contribution in [1.29, 1.82) is 0 Å². The predicted octanol–water partition coefficient (Wildman–Crippen LogP) is 5.93. The molecule has 0 aliphatic carbocycles. The van der Waals surface area contributed by atoms with Crippen LogP contribution in [0.4, 0.5) is 11.4 Å². The fourth-order valence-electron chi connectivity index (χ4n) is 3.38. The van der Waals surface area contributed by atoms with Crippen molar-refractivity contribution in [1.82, 2.24) is 4.90 Å². The van der Waals surface area contributed by atoms with Crippen molar-refractivity contribution in [3.8, 4) is 11.5 Å². The van der Waals surface area contributed by atoms with Crippen molar-refractivity contribution >= 4 is 40.6 Å². The van der Waals surface area contributed by atoms with E-state index in [9.17, 15) is 4.79 Å². The molecule has 0 saturated heterocycles. The van der Waals surface area contributed by atoms with E-state index in [4.69, 9.17) is 21.1 Å². The number of methoxy groups -OCH3 is 1. The Balaban J connectivity index is 1.72. The molecule has 0 saturated carbocycles. The van der Waals surface area contributed by atoms with Crippen molar-refractivity contribution in [2.24, 2.45) is 0 Å². The molecule has 6 nitrogen and oxygen atoms in total. The Hall–Kier alpha value is -2.87. The molecule has 0 unspecified atom stereocenters. The molecule has 1 heterocycles. The highest BCUT2D eigenvalue weighted by Gasteiger charge is 2.18. The van der Waals surface area contributed by atoms with E-state index in [0.717, 1.165) is 30.9 Å². The van der Waals surface area contributed by atoms with Crippen LogP contribution in [-0.2, 0) is 17.8 Å². The van der Waals surface area contributed by atoms with Crippen molar-refractivity contribution in [3.63, 3.8) is 0 Å². The third-order valence-electron chi connectivity index (χ3n) is 4.99. The lowest BCUT2D eigenvalue weighted by Crippen LogP contribution is -2.26. The van der Waals surface area contributed by atoms with Gasteiger partial charge in [-0.2, -0.15) is 0 Å². The molecule has 0 radical (unpaired) electrons. The van der Waals surface area contributed by atoms with Gasteiger partial charge in [-0.3, -0.25) is 4.79 Å². The van der Waals surface area contributed by atoms with Gasteiger partial charge in [-0.1, -0.05) is 30.8 Å². The normalized spacial score (nSPS) is 13.9. The van der Waals surface area contributed by atoms with Gasteiger partial charge in [0.25, 0.3) is 0 Å². The first-order valence-electron chi connectivity index (χ1n) is 10.4. The highest BCUT2D eigenvalue weighted by Crippen LogP contribution is 2.36. The van der Waals surface area contributed by atoms with Crippen LogP contribution in [0.2, 0.25) is 0 Å². The zero-order valence-corrected chi connectivity index (χ0v) is 20.6. The molecule has 0 fully saturated rings. The Kier molecular flexibility index (Phi) is 8.49. The second-order valence-corrected chi connectivity index (χ2v) is 9.24. The number of carbonyl (C=O) groups excluding carboxylic acids is 1. The maximum Gasteiger partial charge on any atom is 0.247 e. The van der Waals surface area contributed by atoms with Gasteiger partial charge < -0.3 is 25.0 Å². The van der Waals surface area contributed by atoms with E-state index in [2.05, 4.69) is 47.9 Å².